The molecule has 4 N–H and O–H groups in total. The lowest BCUT2D eigenvalue weighted by molar-refractivity contribution is 0.0302. The van der Waals surface area contributed by atoms with E-state index in [0.29, 0.717) is 43.4 Å². The van der Waals surface area contributed by atoms with Crippen LogP contribution in [0.25, 0.3) is 16.8 Å². The number of fused-ring (bicyclic) bond motifs is 1. The number of anilines is 3. The molecule has 1 aliphatic heterocycles. The molecule has 220 valence electrons. The predicted molar refractivity (Wildman–Crippen MR) is 162 cm³/mol. The highest BCUT2D eigenvalue weighted by atomic mass is 16.5. The Labute approximate surface area is 244 Å². The van der Waals surface area contributed by atoms with E-state index in [2.05, 4.69) is 25.9 Å². The first-order valence-corrected chi connectivity index (χ1v) is 14.0. The number of ether oxygens (including phenoxy) is 1. The van der Waals surface area contributed by atoms with Gasteiger partial charge in [0.2, 0.25) is 0 Å². The van der Waals surface area contributed by atoms with Gasteiger partial charge >= 0.3 is 6.03 Å². The number of aromatic nitrogens is 3. The first-order chi connectivity index (χ1) is 20.1. The predicted octanol–water partition coefficient (Wildman–Crippen LogP) is 4.45. The molecular weight excluding hydrogens is 534 g/mol. The maximum absolute atomic E-state index is 12.8. The molecule has 0 radical (unpaired) electrons. The van der Waals surface area contributed by atoms with Gasteiger partial charge in [-0.3, -0.25) is 4.79 Å². The zero-order valence-electron chi connectivity index (χ0n) is 24.3. The van der Waals surface area contributed by atoms with Gasteiger partial charge in [0.15, 0.2) is 5.65 Å². The number of nitrogens with zero attached hydrogens (tertiary/aromatic N) is 4. The van der Waals surface area contributed by atoms with Gasteiger partial charge < -0.3 is 35.1 Å². The van der Waals surface area contributed by atoms with E-state index in [9.17, 15) is 14.7 Å². The average molecular weight is 572 g/mol. The number of aliphatic hydroxyl groups is 1. The highest BCUT2D eigenvalue weighted by Gasteiger charge is 2.26. The monoisotopic (exact) mass is 571 g/mol. The Morgan fingerprint density at radius 3 is 2.57 bits per heavy atom. The molecule has 4 heterocycles. The smallest absolute Gasteiger partial charge is 0.319 e. The number of pyridine rings is 2. The number of amides is 3. The van der Waals surface area contributed by atoms with Crippen molar-refractivity contribution in [1.82, 2.24) is 24.6 Å². The zero-order valence-corrected chi connectivity index (χ0v) is 24.3. The zero-order chi connectivity index (χ0) is 29.9. The van der Waals surface area contributed by atoms with E-state index >= 15 is 0 Å². The Bertz CT molecular complexity index is 1570. The second-order valence-corrected chi connectivity index (χ2v) is 11.4. The summed E-state index contributed by atoms with van der Waals surface area (Å²) in [6.07, 6.45) is 7.16. The van der Waals surface area contributed by atoms with Crippen LogP contribution in [0.2, 0.25) is 0 Å². The topological polar surface area (TPSA) is 133 Å². The lowest BCUT2D eigenvalue weighted by Crippen LogP contribution is -2.47. The van der Waals surface area contributed by atoms with Gasteiger partial charge in [-0.25, -0.2) is 14.8 Å². The van der Waals surface area contributed by atoms with Crippen molar-refractivity contribution in [2.45, 2.75) is 33.7 Å². The summed E-state index contributed by atoms with van der Waals surface area (Å²) in [4.78, 5) is 36.4. The van der Waals surface area contributed by atoms with Crippen molar-refractivity contribution in [1.29, 1.82) is 0 Å². The van der Waals surface area contributed by atoms with Gasteiger partial charge in [0.05, 0.1) is 37.1 Å². The molecule has 11 nitrogen and oxygen atoms in total. The summed E-state index contributed by atoms with van der Waals surface area (Å²) in [7, 11) is 0. The number of hydrogen-bond acceptors (Lipinski definition) is 7. The molecule has 11 heteroatoms. The number of rotatable bonds is 7. The number of morpholine rings is 1. The summed E-state index contributed by atoms with van der Waals surface area (Å²) in [6.45, 7) is 9.93. The number of imidazole rings is 1. The fourth-order valence-corrected chi connectivity index (χ4v) is 4.89. The van der Waals surface area contributed by atoms with Crippen LogP contribution in [0.4, 0.5) is 22.0 Å². The van der Waals surface area contributed by atoms with E-state index in [0.717, 1.165) is 28.0 Å². The van der Waals surface area contributed by atoms with E-state index in [-0.39, 0.29) is 24.0 Å². The molecule has 0 bridgehead atoms. The van der Waals surface area contributed by atoms with Crippen molar-refractivity contribution in [3.05, 3.63) is 72.3 Å². The molecule has 0 spiro atoms. The first-order valence-electron chi connectivity index (χ1n) is 14.0. The van der Waals surface area contributed by atoms with Gasteiger partial charge in [0.25, 0.3) is 5.91 Å². The van der Waals surface area contributed by atoms with Crippen molar-refractivity contribution in [2.24, 2.45) is 5.41 Å². The lowest BCUT2D eigenvalue weighted by Gasteiger charge is -2.30. The minimum Gasteiger partial charge on any atom is -0.394 e. The maximum Gasteiger partial charge on any atom is 0.319 e. The summed E-state index contributed by atoms with van der Waals surface area (Å²) in [5.41, 5.74) is 5.09. The normalized spacial score (nSPS) is 14.5. The van der Waals surface area contributed by atoms with Gasteiger partial charge in [0.1, 0.15) is 5.82 Å². The van der Waals surface area contributed by atoms with Crippen molar-refractivity contribution < 1.29 is 19.4 Å². The second kappa shape index (κ2) is 12.2. The molecule has 1 aliphatic rings. The van der Waals surface area contributed by atoms with E-state index in [1.807, 2.05) is 68.8 Å². The van der Waals surface area contributed by atoms with Crippen LogP contribution in [0, 0.1) is 12.3 Å². The Morgan fingerprint density at radius 2 is 1.88 bits per heavy atom. The average Bonchev–Trinajstić information content (AvgIpc) is 3.46. The van der Waals surface area contributed by atoms with Crippen molar-refractivity contribution in [3.63, 3.8) is 0 Å². The molecule has 3 aromatic heterocycles. The molecular formula is C31H37N7O4. The summed E-state index contributed by atoms with van der Waals surface area (Å²) < 4.78 is 7.27. The molecule has 1 fully saturated rings. The highest BCUT2D eigenvalue weighted by molar-refractivity contribution is 5.94. The molecule has 42 heavy (non-hydrogen) atoms. The number of hydrogen-bond donors (Lipinski definition) is 4. The molecule has 1 aromatic carbocycles. The third-order valence-corrected chi connectivity index (χ3v) is 7.49. The minimum absolute atomic E-state index is 0.0575. The number of carbonyl (C=O) groups is 2. The minimum atomic E-state index is -0.390. The lowest BCUT2D eigenvalue weighted by atomic mass is 9.87. The fraction of sp³-hybridized carbons (Fsp3) is 0.355. The van der Waals surface area contributed by atoms with Gasteiger partial charge in [-0.1, -0.05) is 32.9 Å². The van der Waals surface area contributed by atoms with Gasteiger partial charge in [-0.15, -0.1) is 0 Å². The summed E-state index contributed by atoms with van der Waals surface area (Å²) >= 11 is 0. The standard InChI is InChI=1S/C31H37N7O4/c1-20-23(6-5-7-24(20)35-30(41)36-26(19-39)31(2,3)4)22-16-25(28-32-10-11-38(28)18-22)34-27-9-8-21(17-33-27)29(40)37-12-14-42-15-13-37/h5-11,16-18,26,39H,12-15,19H2,1-4H3,(H,33,34)(H2,35,36,41)/t26-/m1/s1. The van der Waals surface area contributed by atoms with Crippen LogP contribution in [0.15, 0.2) is 61.2 Å². The largest absolute Gasteiger partial charge is 0.394 e. The molecule has 0 unspecified atom stereocenters. The number of nitrogens with one attached hydrogen (secondary N) is 3. The first kappa shape index (κ1) is 29.0. The third-order valence-electron chi connectivity index (χ3n) is 7.49. The van der Waals surface area contributed by atoms with Crippen molar-refractivity contribution >= 4 is 34.8 Å². The maximum atomic E-state index is 12.8. The van der Waals surface area contributed by atoms with E-state index in [1.165, 1.54) is 0 Å². The fourth-order valence-electron chi connectivity index (χ4n) is 4.89. The van der Waals surface area contributed by atoms with Crippen molar-refractivity contribution in [2.75, 3.05) is 43.5 Å². The van der Waals surface area contributed by atoms with Crippen LogP contribution >= 0.6 is 0 Å². The van der Waals surface area contributed by atoms with Crippen LogP contribution in [-0.4, -0.2) is 75.3 Å². The van der Waals surface area contributed by atoms with Crippen LogP contribution in [0.5, 0.6) is 0 Å². The number of benzene rings is 1. The van der Waals surface area contributed by atoms with Crippen molar-refractivity contribution in [3.8, 4) is 11.1 Å². The Balaban J connectivity index is 1.38. The quantitative estimate of drug-likeness (QED) is 0.258. The Hall–Kier alpha value is -4.48. The molecule has 0 aliphatic carbocycles. The highest BCUT2D eigenvalue weighted by Crippen LogP contribution is 2.32. The molecule has 1 saturated heterocycles. The molecule has 3 amide bonds. The third kappa shape index (κ3) is 6.37. The molecule has 5 rings (SSSR count). The van der Waals surface area contributed by atoms with Crippen LogP contribution in [-0.2, 0) is 4.74 Å². The Morgan fingerprint density at radius 1 is 1.10 bits per heavy atom. The van der Waals surface area contributed by atoms with Crippen LogP contribution < -0.4 is 16.0 Å². The van der Waals surface area contributed by atoms with Gasteiger partial charge in [-0.2, -0.15) is 0 Å². The van der Waals surface area contributed by atoms with Gasteiger partial charge in [-0.05, 0) is 47.7 Å². The summed E-state index contributed by atoms with van der Waals surface area (Å²) in [5, 5.41) is 18.9. The Kier molecular flexibility index (Phi) is 8.41. The summed E-state index contributed by atoms with van der Waals surface area (Å²) in [5.74, 6) is 0.523. The summed E-state index contributed by atoms with van der Waals surface area (Å²) in [6, 6.07) is 10.5. The molecule has 0 saturated carbocycles. The van der Waals surface area contributed by atoms with Crippen LogP contribution in [0.3, 0.4) is 0 Å². The van der Waals surface area contributed by atoms with E-state index in [1.54, 1.807) is 29.4 Å². The second-order valence-electron chi connectivity index (χ2n) is 11.4. The van der Waals surface area contributed by atoms with E-state index in [4.69, 9.17) is 4.74 Å². The molecule has 4 aromatic rings. The number of carbonyl (C=O) groups excluding carboxylic acids is 2. The van der Waals surface area contributed by atoms with Crippen LogP contribution in [0.1, 0.15) is 36.7 Å². The van der Waals surface area contributed by atoms with Gasteiger partial charge in [0, 0.05) is 49.1 Å². The number of aliphatic hydroxyl groups excluding tert-OH is 1. The van der Waals surface area contributed by atoms with E-state index < -0.39 is 6.04 Å². The SMILES string of the molecule is Cc1c(NC(=O)N[C@H](CO)C(C)(C)C)cccc1-c1cc(Nc2ccc(C(=O)N3CCOCC3)cn2)c2nccn2c1. The number of urea groups is 1. The molecule has 1 atom stereocenters.